The van der Waals surface area contributed by atoms with Gasteiger partial charge in [0.1, 0.15) is 22.7 Å². The molecule has 0 amide bonds. The molecule has 1 fully saturated rings. The number of H-pyrrole nitrogens is 1. The molecule has 178 valence electrons. The number of nitrogens with zero attached hydrogens (tertiary/aromatic N) is 6. The van der Waals surface area contributed by atoms with E-state index in [0.717, 1.165) is 28.1 Å². The molecular weight excluding hydrogens is 433 g/mol. The molecule has 6 rings (SSSR count). The van der Waals surface area contributed by atoms with Crippen LogP contribution < -0.4 is 4.90 Å². The summed E-state index contributed by atoms with van der Waals surface area (Å²) in [5.74, 6) is 2.44. The number of aromatic nitrogens is 6. The van der Waals surface area contributed by atoms with Crippen molar-refractivity contribution in [1.82, 2.24) is 29.5 Å². The zero-order valence-corrected chi connectivity index (χ0v) is 20.3. The largest absolute Gasteiger partial charge is 0.366 e. The first-order chi connectivity index (χ1) is 16.1. The van der Waals surface area contributed by atoms with E-state index >= 15 is 0 Å². The topological polar surface area (TPSA) is 84.8 Å². The molecule has 4 aromatic heterocycles. The first-order valence-electron chi connectivity index (χ1n) is 12.0. The van der Waals surface area contributed by atoms with Crippen molar-refractivity contribution < 1.29 is 9.13 Å². The molecule has 1 saturated heterocycles. The van der Waals surface area contributed by atoms with Crippen LogP contribution in [0.2, 0.25) is 0 Å². The predicted octanol–water partition coefficient (Wildman–Crippen LogP) is 4.70. The van der Waals surface area contributed by atoms with E-state index in [-0.39, 0.29) is 6.54 Å². The van der Waals surface area contributed by atoms with E-state index in [2.05, 4.69) is 34.4 Å². The quantitative estimate of drug-likeness (QED) is 0.474. The Kier molecular flexibility index (Phi) is 4.55. The monoisotopic (exact) mass is 463 g/mol. The summed E-state index contributed by atoms with van der Waals surface area (Å²) in [5, 5.41) is 1.07. The van der Waals surface area contributed by atoms with Crippen molar-refractivity contribution in [2.45, 2.75) is 64.8 Å². The minimum atomic E-state index is -1.25. The lowest BCUT2D eigenvalue weighted by atomic mass is 10.0. The number of hydrogen-bond donors (Lipinski definition) is 1. The maximum atomic E-state index is 14.8. The molecule has 0 bridgehead atoms. The SMILES string of the molecule is CC(C)c1c[nH]c2ncc(-c3nc(N4CCC(C)(F)C4)c4nc5n(c4n3)CCOC5(C)C)cc12. The van der Waals surface area contributed by atoms with Gasteiger partial charge in [0.25, 0.3) is 0 Å². The van der Waals surface area contributed by atoms with E-state index < -0.39 is 11.3 Å². The summed E-state index contributed by atoms with van der Waals surface area (Å²) >= 11 is 0. The fourth-order valence-corrected chi connectivity index (χ4v) is 5.19. The summed E-state index contributed by atoms with van der Waals surface area (Å²) in [6.07, 6.45) is 4.28. The lowest BCUT2D eigenvalue weighted by Crippen LogP contribution is -2.33. The molecule has 1 atom stereocenters. The predicted molar refractivity (Wildman–Crippen MR) is 130 cm³/mol. The van der Waals surface area contributed by atoms with Crippen LogP contribution in [0.1, 0.15) is 58.3 Å². The Morgan fingerprint density at radius 3 is 2.71 bits per heavy atom. The second-order valence-electron chi connectivity index (χ2n) is 10.6. The average molecular weight is 464 g/mol. The van der Waals surface area contributed by atoms with Crippen molar-refractivity contribution in [2.75, 3.05) is 24.6 Å². The lowest BCUT2D eigenvalue weighted by Gasteiger charge is -2.30. The Morgan fingerprint density at radius 2 is 1.97 bits per heavy atom. The molecule has 4 aromatic rings. The van der Waals surface area contributed by atoms with Gasteiger partial charge in [-0.3, -0.25) is 0 Å². The molecule has 0 aliphatic carbocycles. The number of ether oxygens (including phenoxy) is 1. The van der Waals surface area contributed by atoms with Gasteiger partial charge in [0, 0.05) is 42.9 Å². The first kappa shape index (κ1) is 21.5. The second-order valence-corrected chi connectivity index (χ2v) is 10.6. The summed E-state index contributed by atoms with van der Waals surface area (Å²) in [6.45, 7) is 12.1. The first-order valence-corrected chi connectivity index (χ1v) is 12.0. The van der Waals surface area contributed by atoms with Gasteiger partial charge in [-0.15, -0.1) is 0 Å². The van der Waals surface area contributed by atoms with Crippen LogP contribution in [-0.4, -0.2) is 54.9 Å². The maximum Gasteiger partial charge on any atom is 0.166 e. The molecule has 0 spiro atoms. The van der Waals surface area contributed by atoms with Gasteiger partial charge in [-0.2, -0.15) is 0 Å². The van der Waals surface area contributed by atoms with Gasteiger partial charge < -0.3 is 19.2 Å². The number of fused-ring (bicyclic) bond motifs is 4. The molecule has 9 heteroatoms. The number of aromatic amines is 1. The minimum Gasteiger partial charge on any atom is -0.366 e. The van der Waals surface area contributed by atoms with Gasteiger partial charge in [-0.1, -0.05) is 13.8 Å². The van der Waals surface area contributed by atoms with Gasteiger partial charge in [0.2, 0.25) is 0 Å². The van der Waals surface area contributed by atoms with Crippen molar-refractivity contribution in [3.8, 4) is 11.4 Å². The number of rotatable bonds is 3. The number of halogens is 1. The minimum absolute atomic E-state index is 0.285. The number of nitrogens with one attached hydrogen (secondary N) is 1. The molecule has 2 aliphatic heterocycles. The van der Waals surface area contributed by atoms with Gasteiger partial charge in [-0.05, 0) is 38.3 Å². The van der Waals surface area contributed by atoms with Gasteiger partial charge in [0.15, 0.2) is 22.8 Å². The van der Waals surface area contributed by atoms with Crippen molar-refractivity contribution in [3.63, 3.8) is 0 Å². The molecule has 8 nitrogen and oxygen atoms in total. The Morgan fingerprint density at radius 1 is 1.15 bits per heavy atom. The zero-order chi connectivity index (χ0) is 23.8. The van der Waals surface area contributed by atoms with Crippen LogP contribution in [0.3, 0.4) is 0 Å². The number of imidazole rings is 1. The maximum absolute atomic E-state index is 14.8. The Hall–Kier alpha value is -3.07. The molecule has 0 aromatic carbocycles. The van der Waals surface area contributed by atoms with Crippen molar-refractivity contribution in [2.24, 2.45) is 0 Å². The fourth-order valence-electron chi connectivity index (χ4n) is 5.19. The van der Waals surface area contributed by atoms with E-state index in [9.17, 15) is 4.39 Å². The van der Waals surface area contributed by atoms with E-state index in [1.165, 1.54) is 5.56 Å². The molecular formula is C25H30FN7O. The van der Waals surface area contributed by atoms with Crippen LogP contribution in [0.4, 0.5) is 10.2 Å². The van der Waals surface area contributed by atoms with Crippen LogP contribution in [0, 0.1) is 0 Å². The Balaban J connectivity index is 1.58. The molecule has 6 heterocycles. The summed E-state index contributed by atoms with van der Waals surface area (Å²) < 4.78 is 23.0. The summed E-state index contributed by atoms with van der Waals surface area (Å²) in [7, 11) is 0. The molecule has 1 N–H and O–H groups in total. The molecule has 34 heavy (non-hydrogen) atoms. The summed E-state index contributed by atoms with van der Waals surface area (Å²) in [5.41, 5.74) is 2.57. The lowest BCUT2D eigenvalue weighted by molar-refractivity contribution is -0.0530. The number of hydrogen-bond acceptors (Lipinski definition) is 6. The van der Waals surface area contributed by atoms with Crippen LogP contribution >= 0.6 is 0 Å². The second kappa shape index (κ2) is 7.21. The highest BCUT2D eigenvalue weighted by molar-refractivity contribution is 5.88. The zero-order valence-electron chi connectivity index (χ0n) is 20.3. The molecule has 0 saturated carbocycles. The van der Waals surface area contributed by atoms with E-state index in [1.54, 1.807) is 13.1 Å². The van der Waals surface area contributed by atoms with E-state index in [0.29, 0.717) is 49.2 Å². The van der Waals surface area contributed by atoms with E-state index in [4.69, 9.17) is 19.7 Å². The number of alkyl halides is 1. The van der Waals surface area contributed by atoms with Crippen LogP contribution in [0.15, 0.2) is 18.5 Å². The van der Waals surface area contributed by atoms with Crippen LogP contribution in [-0.2, 0) is 16.9 Å². The molecule has 0 radical (unpaired) electrons. The Labute approximate surface area is 197 Å². The molecule has 1 unspecified atom stereocenters. The van der Waals surface area contributed by atoms with E-state index in [1.807, 2.05) is 24.9 Å². The number of pyridine rings is 1. The van der Waals surface area contributed by atoms with Crippen LogP contribution in [0.25, 0.3) is 33.6 Å². The summed E-state index contributed by atoms with van der Waals surface area (Å²) in [4.78, 5) is 24.8. The van der Waals surface area contributed by atoms with Gasteiger partial charge in [-0.25, -0.2) is 24.3 Å². The Bertz CT molecular complexity index is 1420. The average Bonchev–Trinajstić information content (AvgIpc) is 3.47. The highest BCUT2D eigenvalue weighted by Crippen LogP contribution is 2.38. The van der Waals surface area contributed by atoms with Gasteiger partial charge >= 0.3 is 0 Å². The van der Waals surface area contributed by atoms with Crippen LogP contribution in [0.5, 0.6) is 0 Å². The van der Waals surface area contributed by atoms with Crippen molar-refractivity contribution in [3.05, 3.63) is 29.8 Å². The standard InChI is InChI=1S/C25H30FN7O/c1-14(2)17-12-28-20-16(17)10-15(11-27-20)19-30-21(32-7-6-25(5,26)13-32)18-22(31-19)33-8-9-34-24(3,4)23(33)29-18/h10-12,14H,6-9,13H2,1-5H3,(H,27,28). The smallest absolute Gasteiger partial charge is 0.166 e. The highest BCUT2D eigenvalue weighted by atomic mass is 19.1. The summed E-state index contributed by atoms with van der Waals surface area (Å²) in [6, 6.07) is 2.10. The van der Waals surface area contributed by atoms with Crippen molar-refractivity contribution >= 4 is 28.0 Å². The third kappa shape index (κ3) is 3.28. The van der Waals surface area contributed by atoms with Gasteiger partial charge in [0.05, 0.1) is 13.2 Å². The third-order valence-corrected chi connectivity index (χ3v) is 7.06. The molecule has 2 aliphatic rings. The highest BCUT2D eigenvalue weighted by Gasteiger charge is 2.38. The third-order valence-electron chi connectivity index (χ3n) is 7.06. The van der Waals surface area contributed by atoms with Crippen molar-refractivity contribution in [1.29, 1.82) is 0 Å². The fraction of sp³-hybridized carbons (Fsp3) is 0.520. The number of anilines is 1. The normalized spacial score (nSPS) is 22.3.